The Morgan fingerprint density at radius 3 is 2.58 bits per heavy atom. The molecule has 3 aromatic rings. The molecule has 4 rings (SSSR count). The summed E-state index contributed by atoms with van der Waals surface area (Å²) in [5, 5.41) is 3.53. The largest absolute Gasteiger partial charge is 0.348 e. The number of hydrogen-bond donors (Lipinski definition) is 1. The molecular weight excluding hydrogens is 410 g/mol. The van der Waals surface area contributed by atoms with Gasteiger partial charge in [-0.1, -0.05) is 35.9 Å². The fourth-order valence-electron chi connectivity index (χ4n) is 4.08. The highest BCUT2D eigenvalue weighted by Gasteiger charge is 2.33. The van der Waals surface area contributed by atoms with Crippen LogP contribution in [0.25, 0.3) is 0 Å². The van der Waals surface area contributed by atoms with Crippen molar-refractivity contribution in [2.24, 2.45) is 0 Å². The quantitative estimate of drug-likeness (QED) is 0.605. The van der Waals surface area contributed by atoms with Gasteiger partial charge in [-0.15, -0.1) is 0 Å². The molecule has 0 saturated carbocycles. The average molecular weight is 436 g/mol. The van der Waals surface area contributed by atoms with Gasteiger partial charge in [0.15, 0.2) is 0 Å². The number of rotatable bonds is 5. The summed E-state index contributed by atoms with van der Waals surface area (Å²) in [6.07, 6.45) is 2.31. The number of anilines is 1. The molecular formula is C25H26ClN3O2. The Kier molecular flexibility index (Phi) is 6.14. The zero-order valence-corrected chi connectivity index (χ0v) is 18.5. The molecule has 160 valence electrons. The van der Waals surface area contributed by atoms with Crippen LogP contribution in [-0.4, -0.2) is 27.8 Å². The van der Waals surface area contributed by atoms with Gasteiger partial charge in [-0.25, -0.2) is 0 Å². The summed E-state index contributed by atoms with van der Waals surface area (Å²) < 4.78 is 2.16. The molecule has 0 radical (unpaired) electrons. The highest BCUT2D eigenvalue weighted by atomic mass is 35.5. The molecule has 1 unspecified atom stereocenters. The Morgan fingerprint density at radius 2 is 1.81 bits per heavy atom. The van der Waals surface area contributed by atoms with Gasteiger partial charge in [-0.3, -0.25) is 9.59 Å². The predicted molar refractivity (Wildman–Crippen MR) is 123 cm³/mol. The lowest BCUT2D eigenvalue weighted by molar-refractivity contribution is -0.135. The topological polar surface area (TPSA) is 54.3 Å². The van der Waals surface area contributed by atoms with Crippen LogP contribution in [0.2, 0.25) is 5.02 Å². The van der Waals surface area contributed by atoms with Crippen molar-refractivity contribution in [3.05, 3.63) is 88.2 Å². The monoisotopic (exact) mass is 435 g/mol. The van der Waals surface area contributed by atoms with Crippen LogP contribution < -0.4 is 5.32 Å². The molecule has 6 heteroatoms. The Morgan fingerprint density at radius 1 is 1.00 bits per heavy atom. The zero-order valence-electron chi connectivity index (χ0n) is 17.8. The first-order valence-corrected chi connectivity index (χ1v) is 10.9. The van der Waals surface area contributed by atoms with Crippen molar-refractivity contribution in [1.29, 1.82) is 0 Å². The molecule has 5 nitrogen and oxygen atoms in total. The number of fused-ring (bicyclic) bond motifs is 1. The molecule has 31 heavy (non-hydrogen) atoms. The number of carbonyl (C=O) groups excluding carboxylic acids is 2. The van der Waals surface area contributed by atoms with Gasteiger partial charge in [-0.05, 0) is 60.9 Å². The number of nitrogens with zero attached hydrogens (tertiary/aromatic N) is 2. The van der Waals surface area contributed by atoms with Crippen molar-refractivity contribution >= 4 is 29.1 Å². The van der Waals surface area contributed by atoms with Crippen molar-refractivity contribution in [3.8, 4) is 0 Å². The van der Waals surface area contributed by atoms with Gasteiger partial charge in [0.2, 0.25) is 11.8 Å². The van der Waals surface area contributed by atoms with Crippen LogP contribution >= 0.6 is 11.6 Å². The van der Waals surface area contributed by atoms with Gasteiger partial charge >= 0.3 is 0 Å². The first-order chi connectivity index (χ1) is 14.9. The number of nitrogens with one attached hydrogen (secondary N) is 1. The van der Waals surface area contributed by atoms with E-state index in [9.17, 15) is 9.59 Å². The summed E-state index contributed by atoms with van der Waals surface area (Å²) in [5.41, 5.74) is 4.98. The third-order valence-electron chi connectivity index (χ3n) is 5.92. The van der Waals surface area contributed by atoms with Crippen LogP contribution in [0.3, 0.4) is 0 Å². The van der Waals surface area contributed by atoms with Gasteiger partial charge in [0, 0.05) is 48.5 Å². The minimum Gasteiger partial charge on any atom is -0.348 e. The van der Waals surface area contributed by atoms with E-state index in [-0.39, 0.29) is 30.7 Å². The molecule has 0 spiro atoms. The molecule has 1 atom stereocenters. The van der Waals surface area contributed by atoms with E-state index in [4.69, 9.17) is 11.6 Å². The number of aromatic nitrogens is 1. The van der Waals surface area contributed by atoms with Gasteiger partial charge in [0.1, 0.15) is 0 Å². The van der Waals surface area contributed by atoms with Crippen LogP contribution in [0.4, 0.5) is 5.69 Å². The number of benzene rings is 2. The SMILES string of the molecule is Cc1ccc(NC(=O)CCC(=O)N2CCn3cccc3C2c2ccccc2Cl)cc1C. The van der Waals surface area contributed by atoms with E-state index in [0.29, 0.717) is 11.6 Å². The van der Waals surface area contributed by atoms with Crippen molar-refractivity contribution in [1.82, 2.24) is 9.47 Å². The van der Waals surface area contributed by atoms with E-state index >= 15 is 0 Å². The summed E-state index contributed by atoms with van der Waals surface area (Å²) >= 11 is 6.49. The summed E-state index contributed by atoms with van der Waals surface area (Å²) in [5.74, 6) is -0.209. The van der Waals surface area contributed by atoms with Gasteiger partial charge in [-0.2, -0.15) is 0 Å². The fourth-order valence-corrected chi connectivity index (χ4v) is 4.32. The number of amides is 2. The van der Waals surface area contributed by atoms with E-state index < -0.39 is 0 Å². The van der Waals surface area contributed by atoms with Crippen LogP contribution in [-0.2, 0) is 16.1 Å². The van der Waals surface area contributed by atoms with Crippen LogP contribution in [0.15, 0.2) is 60.8 Å². The van der Waals surface area contributed by atoms with E-state index in [0.717, 1.165) is 29.1 Å². The maximum atomic E-state index is 13.2. The number of hydrogen-bond acceptors (Lipinski definition) is 2. The zero-order chi connectivity index (χ0) is 22.0. The van der Waals surface area contributed by atoms with Gasteiger partial charge in [0.05, 0.1) is 6.04 Å². The van der Waals surface area contributed by atoms with E-state index in [1.54, 1.807) is 0 Å². The first-order valence-electron chi connectivity index (χ1n) is 10.5. The Labute approximate surface area is 187 Å². The molecule has 2 heterocycles. The maximum Gasteiger partial charge on any atom is 0.224 e. The number of aryl methyl sites for hydroxylation is 2. The Bertz CT molecular complexity index is 1120. The van der Waals surface area contributed by atoms with Gasteiger partial charge < -0.3 is 14.8 Å². The second-order valence-corrected chi connectivity index (χ2v) is 8.39. The van der Waals surface area contributed by atoms with Crippen LogP contribution in [0.5, 0.6) is 0 Å². The number of carbonyl (C=O) groups is 2. The second kappa shape index (κ2) is 8.98. The lowest BCUT2D eigenvalue weighted by Gasteiger charge is -2.37. The Hall–Kier alpha value is -3.05. The molecule has 1 aliphatic rings. The maximum absolute atomic E-state index is 13.2. The predicted octanol–water partition coefficient (Wildman–Crippen LogP) is 5.11. The molecule has 0 fully saturated rings. The lowest BCUT2D eigenvalue weighted by Crippen LogP contribution is -2.42. The van der Waals surface area contributed by atoms with Gasteiger partial charge in [0.25, 0.3) is 0 Å². The van der Waals surface area contributed by atoms with Crippen molar-refractivity contribution in [3.63, 3.8) is 0 Å². The molecule has 0 bridgehead atoms. The standard InChI is InChI=1S/C25H26ClN3O2/c1-17-9-10-19(16-18(17)2)27-23(30)11-12-24(31)29-15-14-28-13-5-8-22(28)25(29)20-6-3-4-7-21(20)26/h3-10,13,16,25H,11-12,14-15H2,1-2H3,(H,27,30). The van der Waals surface area contributed by atoms with Crippen molar-refractivity contribution < 1.29 is 9.59 Å². The summed E-state index contributed by atoms with van der Waals surface area (Å²) in [6.45, 7) is 5.35. The summed E-state index contributed by atoms with van der Waals surface area (Å²) in [7, 11) is 0. The van der Waals surface area contributed by atoms with Crippen LogP contribution in [0.1, 0.15) is 41.3 Å². The lowest BCUT2D eigenvalue weighted by atomic mass is 9.99. The average Bonchev–Trinajstić information content (AvgIpc) is 3.23. The minimum absolute atomic E-state index is 0.0485. The second-order valence-electron chi connectivity index (χ2n) is 7.98. The molecule has 1 aliphatic heterocycles. The smallest absolute Gasteiger partial charge is 0.224 e. The summed E-state index contributed by atoms with van der Waals surface area (Å²) in [4.78, 5) is 27.5. The minimum atomic E-state index is -0.257. The van der Waals surface area contributed by atoms with E-state index in [2.05, 4.69) is 9.88 Å². The molecule has 2 amide bonds. The molecule has 1 aromatic heterocycles. The van der Waals surface area contributed by atoms with E-state index in [1.165, 1.54) is 5.56 Å². The molecule has 2 aromatic carbocycles. The molecule has 1 N–H and O–H groups in total. The molecule has 0 saturated heterocycles. The van der Waals surface area contributed by atoms with Crippen molar-refractivity contribution in [2.75, 3.05) is 11.9 Å². The highest BCUT2D eigenvalue weighted by molar-refractivity contribution is 6.31. The number of halogens is 1. The van der Waals surface area contributed by atoms with Crippen molar-refractivity contribution in [2.45, 2.75) is 39.3 Å². The Balaban J connectivity index is 1.47. The van der Waals surface area contributed by atoms with Crippen LogP contribution in [0, 0.1) is 13.8 Å². The molecule has 0 aliphatic carbocycles. The van der Waals surface area contributed by atoms with E-state index in [1.807, 2.05) is 79.5 Å². The third-order valence-corrected chi connectivity index (χ3v) is 6.26. The third kappa shape index (κ3) is 4.52. The first kappa shape index (κ1) is 21.2. The normalized spacial score (nSPS) is 15.5. The highest BCUT2D eigenvalue weighted by Crippen LogP contribution is 2.36. The summed E-state index contributed by atoms with van der Waals surface area (Å²) in [6, 6.07) is 17.2. The fraction of sp³-hybridized carbons (Fsp3) is 0.280.